The van der Waals surface area contributed by atoms with Crippen LogP contribution in [0, 0.1) is 0 Å². The molecule has 6 heteroatoms. The highest BCUT2D eigenvalue weighted by Gasteiger charge is 2.11. The van der Waals surface area contributed by atoms with E-state index >= 15 is 0 Å². The van der Waals surface area contributed by atoms with Crippen molar-refractivity contribution in [2.75, 3.05) is 13.6 Å². The number of nitrogens with one attached hydrogen (secondary N) is 2. The predicted octanol–water partition coefficient (Wildman–Crippen LogP) is 1.67. The molecule has 2 aromatic heterocycles. The Kier molecular flexibility index (Phi) is 4.70. The number of thiophene rings is 1. The van der Waals surface area contributed by atoms with Crippen LogP contribution in [0.25, 0.3) is 10.8 Å². The summed E-state index contributed by atoms with van der Waals surface area (Å²) < 4.78 is 5.36. The molecule has 0 saturated carbocycles. The van der Waals surface area contributed by atoms with Crippen LogP contribution in [0.3, 0.4) is 0 Å². The van der Waals surface area contributed by atoms with Gasteiger partial charge in [0.1, 0.15) is 6.26 Å². The molecule has 2 rings (SSSR count). The number of carbonyl (C=O) groups excluding carboxylic acids is 1. The molecule has 2 aromatic rings. The second-order valence-electron chi connectivity index (χ2n) is 4.29. The van der Waals surface area contributed by atoms with Crippen molar-refractivity contribution < 1.29 is 9.21 Å². The van der Waals surface area contributed by atoms with E-state index < -0.39 is 0 Å². The van der Waals surface area contributed by atoms with Crippen LogP contribution in [0.1, 0.15) is 12.6 Å². The molecule has 5 nitrogen and oxygen atoms in total. The lowest BCUT2D eigenvalue weighted by Gasteiger charge is -2.10. The summed E-state index contributed by atoms with van der Waals surface area (Å²) in [6, 6.07) is 4.13. The summed E-state index contributed by atoms with van der Waals surface area (Å²) in [5, 5.41) is 7.87. The van der Waals surface area contributed by atoms with E-state index in [1.165, 1.54) is 6.26 Å². The van der Waals surface area contributed by atoms with Crippen LogP contribution in [-0.2, 0) is 11.2 Å². The van der Waals surface area contributed by atoms with Crippen LogP contribution >= 0.6 is 11.3 Å². The van der Waals surface area contributed by atoms with Crippen LogP contribution < -0.4 is 10.6 Å². The van der Waals surface area contributed by atoms with Gasteiger partial charge in [-0.3, -0.25) is 4.79 Å². The molecule has 1 unspecified atom stereocenters. The van der Waals surface area contributed by atoms with Crippen LogP contribution in [0.15, 0.2) is 28.2 Å². The fourth-order valence-electron chi connectivity index (χ4n) is 1.50. The molecule has 1 atom stereocenters. The number of carbonyl (C=O) groups is 1. The van der Waals surface area contributed by atoms with E-state index in [9.17, 15) is 4.79 Å². The number of amides is 1. The van der Waals surface area contributed by atoms with E-state index in [-0.39, 0.29) is 18.4 Å². The summed E-state index contributed by atoms with van der Waals surface area (Å²) in [4.78, 5) is 17.0. The van der Waals surface area contributed by atoms with Crippen molar-refractivity contribution in [3.8, 4) is 10.8 Å². The van der Waals surface area contributed by atoms with Crippen molar-refractivity contribution in [3.63, 3.8) is 0 Å². The van der Waals surface area contributed by atoms with Gasteiger partial charge in [0.05, 0.1) is 17.0 Å². The molecule has 102 valence electrons. The minimum Gasteiger partial charge on any atom is -0.444 e. The van der Waals surface area contributed by atoms with Gasteiger partial charge >= 0.3 is 0 Å². The van der Waals surface area contributed by atoms with Gasteiger partial charge in [-0.15, -0.1) is 11.3 Å². The Balaban J connectivity index is 1.88. The molecule has 0 radical (unpaired) electrons. The molecular weight excluding hydrogens is 262 g/mol. The molecule has 0 aliphatic rings. The minimum atomic E-state index is -0.0480. The third-order valence-electron chi connectivity index (χ3n) is 2.72. The van der Waals surface area contributed by atoms with Gasteiger partial charge in [0.2, 0.25) is 11.8 Å². The van der Waals surface area contributed by atoms with Crippen LogP contribution in [-0.4, -0.2) is 30.5 Å². The Labute approximate surface area is 116 Å². The van der Waals surface area contributed by atoms with E-state index in [2.05, 4.69) is 15.6 Å². The average Bonchev–Trinajstić information content (AvgIpc) is 3.06. The minimum absolute atomic E-state index is 0.0480. The van der Waals surface area contributed by atoms with Crippen molar-refractivity contribution in [1.82, 2.24) is 15.6 Å². The summed E-state index contributed by atoms with van der Waals surface area (Å²) in [5.74, 6) is 0.523. The van der Waals surface area contributed by atoms with E-state index in [1.807, 2.05) is 31.5 Å². The highest BCUT2D eigenvalue weighted by molar-refractivity contribution is 7.13. The summed E-state index contributed by atoms with van der Waals surface area (Å²) in [6.45, 7) is 2.61. The quantitative estimate of drug-likeness (QED) is 0.844. The summed E-state index contributed by atoms with van der Waals surface area (Å²) >= 11 is 1.56. The Morgan fingerprint density at radius 2 is 2.42 bits per heavy atom. The molecule has 0 bridgehead atoms. The first kappa shape index (κ1) is 13.8. The lowest BCUT2D eigenvalue weighted by Crippen LogP contribution is -2.37. The number of nitrogens with zero attached hydrogens (tertiary/aromatic N) is 1. The van der Waals surface area contributed by atoms with Crippen LogP contribution in [0.2, 0.25) is 0 Å². The second-order valence-corrected chi connectivity index (χ2v) is 5.24. The van der Waals surface area contributed by atoms with Crippen LogP contribution in [0.4, 0.5) is 0 Å². The lowest BCUT2D eigenvalue weighted by atomic mass is 10.3. The maximum atomic E-state index is 11.7. The maximum absolute atomic E-state index is 11.7. The fraction of sp³-hybridized carbons (Fsp3) is 0.385. The third-order valence-corrected chi connectivity index (χ3v) is 3.58. The monoisotopic (exact) mass is 279 g/mol. The van der Waals surface area contributed by atoms with Gasteiger partial charge in [-0.25, -0.2) is 4.98 Å². The van der Waals surface area contributed by atoms with Crippen molar-refractivity contribution in [3.05, 3.63) is 29.5 Å². The van der Waals surface area contributed by atoms with Gasteiger partial charge in [0.25, 0.3) is 0 Å². The summed E-state index contributed by atoms with van der Waals surface area (Å²) in [6.07, 6.45) is 1.78. The molecule has 0 saturated heterocycles. The van der Waals surface area contributed by atoms with Crippen molar-refractivity contribution in [2.45, 2.75) is 19.4 Å². The van der Waals surface area contributed by atoms with Gasteiger partial charge in [-0.2, -0.15) is 0 Å². The number of likely N-dealkylation sites (N-methyl/N-ethyl adjacent to an activating group) is 1. The number of aromatic nitrogens is 1. The largest absolute Gasteiger partial charge is 0.444 e. The Morgan fingerprint density at radius 1 is 1.58 bits per heavy atom. The Morgan fingerprint density at radius 3 is 3.11 bits per heavy atom. The lowest BCUT2D eigenvalue weighted by molar-refractivity contribution is -0.120. The molecule has 0 spiro atoms. The number of oxazole rings is 1. The van der Waals surface area contributed by atoms with Gasteiger partial charge < -0.3 is 15.1 Å². The standard InChI is InChI=1S/C13H17N3O2S/c1-9(14-2)7-15-12(17)6-10-8-18-13(16-10)11-4-3-5-19-11/h3-5,8-9,14H,6-7H2,1-2H3,(H,15,17). The molecule has 0 fully saturated rings. The van der Waals surface area contributed by atoms with E-state index in [4.69, 9.17) is 4.42 Å². The zero-order valence-electron chi connectivity index (χ0n) is 11.0. The molecule has 2 heterocycles. The summed E-state index contributed by atoms with van der Waals surface area (Å²) in [7, 11) is 1.86. The number of rotatable bonds is 6. The number of hydrogen-bond acceptors (Lipinski definition) is 5. The van der Waals surface area contributed by atoms with Crippen molar-refractivity contribution in [1.29, 1.82) is 0 Å². The first-order chi connectivity index (χ1) is 9.19. The van der Waals surface area contributed by atoms with Gasteiger partial charge in [-0.1, -0.05) is 6.07 Å². The zero-order valence-corrected chi connectivity index (χ0v) is 11.8. The van der Waals surface area contributed by atoms with Gasteiger partial charge in [0, 0.05) is 12.6 Å². The number of hydrogen-bond donors (Lipinski definition) is 2. The van der Waals surface area contributed by atoms with Gasteiger partial charge in [-0.05, 0) is 25.4 Å². The predicted molar refractivity (Wildman–Crippen MR) is 75.1 cm³/mol. The molecule has 0 aromatic carbocycles. The Hall–Kier alpha value is -1.66. The van der Waals surface area contributed by atoms with Crippen molar-refractivity contribution >= 4 is 17.2 Å². The van der Waals surface area contributed by atoms with E-state index in [0.29, 0.717) is 18.1 Å². The van der Waals surface area contributed by atoms with Crippen LogP contribution in [0.5, 0.6) is 0 Å². The molecule has 1 amide bonds. The highest BCUT2D eigenvalue weighted by atomic mass is 32.1. The second kappa shape index (κ2) is 6.49. The first-order valence-corrected chi connectivity index (χ1v) is 6.99. The molecule has 0 aliphatic carbocycles. The molecule has 19 heavy (non-hydrogen) atoms. The van der Waals surface area contributed by atoms with E-state index in [0.717, 1.165) is 4.88 Å². The highest BCUT2D eigenvalue weighted by Crippen LogP contribution is 2.23. The zero-order chi connectivity index (χ0) is 13.7. The average molecular weight is 279 g/mol. The Bertz CT molecular complexity index is 522. The fourth-order valence-corrected chi connectivity index (χ4v) is 2.15. The van der Waals surface area contributed by atoms with E-state index in [1.54, 1.807) is 11.3 Å². The van der Waals surface area contributed by atoms with Gasteiger partial charge in [0.15, 0.2) is 0 Å². The molecule has 2 N–H and O–H groups in total. The maximum Gasteiger partial charge on any atom is 0.236 e. The summed E-state index contributed by atoms with van der Waals surface area (Å²) in [5.41, 5.74) is 0.651. The third kappa shape index (κ3) is 3.90. The molecule has 0 aliphatic heterocycles. The van der Waals surface area contributed by atoms with Crippen molar-refractivity contribution in [2.24, 2.45) is 0 Å². The first-order valence-electron chi connectivity index (χ1n) is 6.11. The smallest absolute Gasteiger partial charge is 0.236 e. The normalized spacial score (nSPS) is 12.3. The molecular formula is C13H17N3O2S. The topological polar surface area (TPSA) is 67.2 Å². The SMILES string of the molecule is CNC(C)CNC(=O)Cc1coc(-c2cccs2)n1.